The van der Waals surface area contributed by atoms with E-state index in [4.69, 9.17) is 14.2 Å². The van der Waals surface area contributed by atoms with Crippen LogP contribution in [0.5, 0.6) is 0 Å². The zero-order chi connectivity index (χ0) is 58.2. The summed E-state index contributed by atoms with van der Waals surface area (Å²) in [7, 11) is 0. The number of allylic oxidation sites excluding steroid dienone is 23. The molecule has 8 unspecified atom stereocenters. The van der Waals surface area contributed by atoms with Crippen LogP contribution < -0.4 is 5.32 Å². The summed E-state index contributed by atoms with van der Waals surface area (Å²) in [6.07, 6.45) is 68.8. The highest BCUT2D eigenvalue weighted by atomic mass is 16.7. The summed E-state index contributed by atoms with van der Waals surface area (Å²) in [5, 5.41) is 56.9. The molecule has 1 aliphatic heterocycles. The van der Waals surface area contributed by atoms with Crippen molar-refractivity contribution in [3.05, 3.63) is 146 Å². The monoisotopic (exact) mass is 1110 g/mol. The third-order valence-corrected chi connectivity index (χ3v) is 13.5. The predicted octanol–water partition coefficient (Wildman–Crippen LogP) is 15.0. The lowest BCUT2D eigenvalue weighted by molar-refractivity contribution is -0.305. The van der Waals surface area contributed by atoms with Crippen LogP contribution in [0.25, 0.3) is 0 Å². The van der Waals surface area contributed by atoms with Gasteiger partial charge in [-0.1, -0.05) is 231 Å². The van der Waals surface area contributed by atoms with Gasteiger partial charge in [0.1, 0.15) is 24.4 Å². The lowest BCUT2D eigenvalue weighted by atomic mass is 9.99. The van der Waals surface area contributed by atoms with Crippen LogP contribution in [0.4, 0.5) is 0 Å². The number of aliphatic hydroxyl groups excluding tert-OH is 5. The van der Waals surface area contributed by atoms with Crippen LogP contribution in [-0.2, 0) is 23.8 Å². The molecule has 0 saturated carbocycles. The molecule has 1 fully saturated rings. The van der Waals surface area contributed by atoms with Crippen molar-refractivity contribution >= 4 is 11.9 Å². The Hall–Kier alpha value is -4.46. The molecule has 0 aliphatic carbocycles. The van der Waals surface area contributed by atoms with Crippen molar-refractivity contribution < 1.29 is 49.3 Å². The number of unbranched alkanes of at least 4 members (excludes halogenated alkanes) is 14. The zero-order valence-corrected chi connectivity index (χ0v) is 49.9. The molecule has 0 bridgehead atoms. The molecular formula is C69H111NO10. The van der Waals surface area contributed by atoms with Crippen molar-refractivity contribution in [1.82, 2.24) is 5.32 Å². The van der Waals surface area contributed by atoms with Crippen LogP contribution in [0.1, 0.15) is 213 Å². The summed E-state index contributed by atoms with van der Waals surface area (Å²) in [5.74, 6) is -1.29. The van der Waals surface area contributed by atoms with Crippen LogP contribution in [0.15, 0.2) is 146 Å². The molecule has 1 heterocycles. The number of carbonyl (C=O) groups excluding carboxylic acids is 2. The maximum Gasteiger partial charge on any atom is 0.306 e. The molecule has 0 radical (unpaired) electrons. The Morgan fingerprint density at radius 2 is 0.900 bits per heavy atom. The molecule has 1 rings (SSSR count). The van der Waals surface area contributed by atoms with E-state index in [1.54, 1.807) is 6.08 Å². The molecule has 8 atom stereocenters. The second kappa shape index (κ2) is 55.1. The van der Waals surface area contributed by atoms with Crippen molar-refractivity contribution in [2.24, 2.45) is 0 Å². The van der Waals surface area contributed by atoms with Gasteiger partial charge in [0.15, 0.2) is 12.4 Å². The van der Waals surface area contributed by atoms with Gasteiger partial charge in [-0.25, -0.2) is 0 Å². The van der Waals surface area contributed by atoms with Gasteiger partial charge in [-0.2, -0.15) is 0 Å². The number of rotatable bonds is 50. The Bertz CT molecular complexity index is 1850. The smallest absolute Gasteiger partial charge is 0.306 e. The van der Waals surface area contributed by atoms with Gasteiger partial charge in [-0.3, -0.25) is 9.59 Å². The highest BCUT2D eigenvalue weighted by Crippen LogP contribution is 2.26. The first-order valence-corrected chi connectivity index (χ1v) is 31.1. The standard InChI is InChI=1S/C69H111NO10/c1-4-7-10-13-16-19-22-25-27-29-31-33-34-36-38-41-44-47-50-53-56-62(73)68(77)70-60(61(72)55-52-49-46-43-40-24-21-18-15-12-9-6-3)59-78-69-67(66(76)65(75)63(58-71)79-69)80-64(74)57-54-51-48-45-42-39-37-35-32-30-28-26-23-20-17-14-11-8-5-2/h7-8,10-11,16-17,19-20,25-28,31-33,35-36,38-39,42,44,47,52,55,60-63,65-67,69,71-73,75-76H,4-6,9,12-15,18,21-24,29-30,34,37,40-41,43,45-46,48-51,53-54,56-59H2,1-3H3,(H,70,77)/b10-7-,11-8-,19-16-,20-17-,27-25-,28-26-,33-31-,35-32-,38-36-,42-39-,47-44-,55-52+. The van der Waals surface area contributed by atoms with Gasteiger partial charge in [-0.05, 0) is 122 Å². The largest absolute Gasteiger partial charge is 0.454 e. The topological polar surface area (TPSA) is 175 Å². The summed E-state index contributed by atoms with van der Waals surface area (Å²) in [4.78, 5) is 26.5. The minimum absolute atomic E-state index is 0.0698. The van der Waals surface area contributed by atoms with Crippen molar-refractivity contribution in [1.29, 1.82) is 0 Å². The van der Waals surface area contributed by atoms with Crippen LogP contribution in [-0.4, -0.2) is 99.6 Å². The zero-order valence-electron chi connectivity index (χ0n) is 49.9. The number of esters is 1. The molecule has 80 heavy (non-hydrogen) atoms. The molecule has 1 amide bonds. The van der Waals surface area contributed by atoms with Gasteiger partial charge >= 0.3 is 5.97 Å². The number of hydrogen-bond acceptors (Lipinski definition) is 10. The SMILES string of the molecule is CC/C=C\C/C=C\C/C=C\C/C=C\C/C=C\C/C=C\CCCC(O)C(=O)NC(COC1OC(CO)C(O)C(O)C1OC(=O)CCCCC/C=C\C/C=C\C/C=C\C/C=C\C/C=C\CC)C(O)/C=C/CCCCCCCCCCCC. The highest BCUT2D eigenvalue weighted by molar-refractivity contribution is 5.80. The molecule has 452 valence electrons. The molecule has 0 aromatic carbocycles. The van der Waals surface area contributed by atoms with Crippen molar-refractivity contribution in [2.45, 2.75) is 262 Å². The summed E-state index contributed by atoms with van der Waals surface area (Å²) >= 11 is 0. The van der Waals surface area contributed by atoms with Gasteiger partial charge < -0.3 is 45.1 Å². The van der Waals surface area contributed by atoms with E-state index in [1.165, 1.54) is 44.9 Å². The summed E-state index contributed by atoms with van der Waals surface area (Å²) in [6, 6.07) is -1.07. The fourth-order valence-electron chi connectivity index (χ4n) is 8.63. The third-order valence-electron chi connectivity index (χ3n) is 13.5. The fraction of sp³-hybridized carbons (Fsp3) is 0.623. The molecule has 0 aromatic rings. The summed E-state index contributed by atoms with van der Waals surface area (Å²) in [5.41, 5.74) is 0. The van der Waals surface area contributed by atoms with E-state index >= 15 is 0 Å². The Labute approximate surface area is 485 Å². The Balaban J connectivity index is 2.75. The van der Waals surface area contributed by atoms with Crippen LogP contribution in [0, 0.1) is 0 Å². The maximum absolute atomic E-state index is 13.4. The molecule has 1 aliphatic rings. The molecule has 0 spiro atoms. The number of amides is 1. The minimum atomic E-state index is -1.65. The number of nitrogens with one attached hydrogen (secondary N) is 1. The average molecular weight is 1110 g/mol. The number of carbonyl (C=O) groups is 2. The average Bonchev–Trinajstić information content (AvgIpc) is 3.45. The van der Waals surface area contributed by atoms with Crippen molar-refractivity contribution in [3.8, 4) is 0 Å². The molecule has 1 saturated heterocycles. The third kappa shape index (κ3) is 42.4. The van der Waals surface area contributed by atoms with Gasteiger partial charge in [0.05, 0.1) is 25.4 Å². The Kier molecular flexibility index (Phi) is 50.7. The molecular weight excluding hydrogens is 1000 g/mol. The van der Waals surface area contributed by atoms with E-state index in [0.29, 0.717) is 19.3 Å². The van der Waals surface area contributed by atoms with Gasteiger partial charge in [0.2, 0.25) is 5.91 Å². The second-order valence-corrected chi connectivity index (χ2v) is 20.7. The number of ether oxygens (including phenoxy) is 3. The lowest BCUT2D eigenvalue weighted by Crippen LogP contribution is -2.61. The Morgan fingerprint density at radius 1 is 0.500 bits per heavy atom. The van der Waals surface area contributed by atoms with Gasteiger partial charge in [0, 0.05) is 6.42 Å². The van der Waals surface area contributed by atoms with Crippen molar-refractivity contribution in [2.75, 3.05) is 13.2 Å². The second-order valence-electron chi connectivity index (χ2n) is 20.7. The molecule has 0 aromatic heterocycles. The quantitative estimate of drug-likeness (QED) is 0.0195. The Morgan fingerprint density at radius 3 is 1.35 bits per heavy atom. The first-order chi connectivity index (χ1) is 39.2. The van der Waals surface area contributed by atoms with Crippen LogP contribution in [0.3, 0.4) is 0 Å². The highest BCUT2D eigenvalue weighted by Gasteiger charge is 2.47. The van der Waals surface area contributed by atoms with E-state index in [-0.39, 0.29) is 19.4 Å². The first-order valence-electron chi connectivity index (χ1n) is 31.1. The van der Waals surface area contributed by atoms with E-state index < -0.39 is 67.4 Å². The lowest BCUT2D eigenvalue weighted by Gasteiger charge is -2.41. The van der Waals surface area contributed by atoms with E-state index in [0.717, 1.165) is 116 Å². The first kappa shape index (κ1) is 73.6. The maximum atomic E-state index is 13.4. The fourth-order valence-corrected chi connectivity index (χ4v) is 8.63. The van der Waals surface area contributed by atoms with Gasteiger partial charge in [-0.15, -0.1) is 0 Å². The van der Waals surface area contributed by atoms with Crippen LogP contribution in [0.2, 0.25) is 0 Å². The molecule has 11 nitrogen and oxygen atoms in total. The predicted molar refractivity (Wildman–Crippen MR) is 333 cm³/mol. The number of aliphatic hydroxyl groups is 5. The summed E-state index contributed by atoms with van der Waals surface area (Å²) in [6.45, 7) is 5.49. The van der Waals surface area contributed by atoms with E-state index in [1.807, 2.05) is 12.2 Å². The summed E-state index contributed by atoms with van der Waals surface area (Å²) < 4.78 is 17.6. The molecule has 11 heteroatoms. The van der Waals surface area contributed by atoms with E-state index in [2.05, 4.69) is 154 Å². The molecule has 6 N–H and O–H groups in total. The normalized spacial score (nSPS) is 19.8. The van der Waals surface area contributed by atoms with E-state index in [9.17, 15) is 35.1 Å². The van der Waals surface area contributed by atoms with Crippen LogP contribution >= 0.6 is 0 Å². The number of hydrogen-bond donors (Lipinski definition) is 6. The van der Waals surface area contributed by atoms with Crippen molar-refractivity contribution in [3.63, 3.8) is 0 Å². The minimum Gasteiger partial charge on any atom is -0.454 e. The van der Waals surface area contributed by atoms with Gasteiger partial charge in [0.25, 0.3) is 0 Å².